The fraction of sp³-hybridized carbons (Fsp3) is 0.0909. The maximum atomic E-state index is 13.2. The molecule has 3 rings (SSSR count). The summed E-state index contributed by atoms with van der Waals surface area (Å²) in [4.78, 5) is 23.6. The molecule has 0 aliphatic heterocycles. The molecule has 0 saturated heterocycles. The molecule has 0 spiro atoms. The van der Waals surface area contributed by atoms with Crippen LogP contribution in [0.3, 0.4) is 0 Å². The van der Waals surface area contributed by atoms with Crippen LogP contribution in [0.2, 0.25) is 0 Å². The number of nitrogens with two attached hydrogens (primary N) is 1. The van der Waals surface area contributed by atoms with Gasteiger partial charge in [0, 0.05) is 35.3 Å². The van der Waals surface area contributed by atoms with Crippen LogP contribution >= 0.6 is 0 Å². The van der Waals surface area contributed by atoms with Crippen LogP contribution in [0.5, 0.6) is 0 Å². The molecule has 0 aliphatic rings. The van der Waals surface area contributed by atoms with Gasteiger partial charge in [0.1, 0.15) is 0 Å². The summed E-state index contributed by atoms with van der Waals surface area (Å²) in [7, 11) is 0. The highest BCUT2D eigenvalue weighted by molar-refractivity contribution is 6.23. The summed E-state index contributed by atoms with van der Waals surface area (Å²) in [5.74, 6) is 1.04. The van der Waals surface area contributed by atoms with E-state index in [9.17, 15) is 31.1 Å². The summed E-state index contributed by atoms with van der Waals surface area (Å²) in [5, 5.41) is 0. The van der Waals surface area contributed by atoms with Crippen molar-refractivity contribution in [2.24, 2.45) is 5.73 Å². The molecule has 0 radical (unpaired) electrons. The van der Waals surface area contributed by atoms with Crippen molar-refractivity contribution in [2.75, 3.05) is 0 Å². The zero-order valence-corrected chi connectivity index (χ0v) is 16.4. The maximum Gasteiger partial charge on any atom is 0.416 e. The van der Waals surface area contributed by atoms with E-state index in [1.807, 2.05) is 0 Å². The van der Waals surface area contributed by atoms with E-state index in [2.05, 4.69) is 20.9 Å². The lowest BCUT2D eigenvalue weighted by Gasteiger charge is -2.14. The Hall–Kier alpha value is -4.20. The predicted octanol–water partition coefficient (Wildman–Crippen LogP) is 4.58. The number of carbonyl (C=O) groups is 1. The fourth-order valence-electron chi connectivity index (χ4n) is 2.79. The number of primary amides is 1. The molecule has 2 heterocycles. The van der Waals surface area contributed by atoms with Crippen molar-refractivity contribution in [1.82, 2.24) is 15.0 Å². The number of pyridine rings is 1. The zero-order chi connectivity index (χ0) is 24.4. The summed E-state index contributed by atoms with van der Waals surface area (Å²) in [5.41, 5.74) is 2.41. The van der Waals surface area contributed by atoms with E-state index in [1.54, 1.807) is 0 Å². The van der Waals surface area contributed by atoms with Crippen LogP contribution in [-0.4, -0.2) is 20.9 Å². The molecule has 1 amide bonds. The Morgan fingerprint density at radius 3 is 2.18 bits per heavy atom. The number of alkyl halides is 6. The van der Waals surface area contributed by atoms with Crippen molar-refractivity contribution in [3.05, 3.63) is 76.9 Å². The lowest BCUT2D eigenvalue weighted by Crippen LogP contribution is -2.13. The third-order valence-corrected chi connectivity index (χ3v) is 4.30. The molecule has 11 heteroatoms. The Labute approximate surface area is 183 Å². The lowest BCUT2D eigenvalue weighted by molar-refractivity contribution is -0.143. The number of aromatic nitrogens is 3. The third kappa shape index (κ3) is 5.54. The largest absolute Gasteiger partial charge is 0.416 e. The molecule has 0 unspecified atom stereocenters. The summed E-state index contributed by atoms with van der Waals surface area (Å²) >= 11 is 0. The van der Waals surface area contributed by atoms with E-state index in [0.29, 0.717) is 17.7 Å². The number of benzene rings is 1. The Morgan fingerprint density at radius 2 is 1.64 bits per heavy atom. The van der Waals surface area contributed by atoms with Crippen molar-refractivity contribution in [3.8, 4) is 23.7 Å². The topological polar surface area (TPSA) is 81.8 Å². The second kappa shape index (κ2) is 8.74. The summed E-state index contributed by atoms with van der Waals surface area (Å²) in [6, 6.07) is 3.77. The smallest absolute Gasteiger partial charge is 0.366 e. The lowest BCUT2D eigenvalue weighted by atomic mass is 10.0. The first-order chi connectivity index (χ1) is 15.4. The van der Waals surface area contributed by atoms with Gasteiger partial charge in [-0.2, -0.15) is 26.3 Å². The molecule has 2 N–H and O–H groups in total. The predicted molar refractivity (Wildman–Crippen MR) is 107 cm³/mol. The molecule has 33 heavy (non-hydrogen) atoms. The minimum atomic E-state index is -5.03. The van der Waals surface area contributed by atoms with Gasteiger partial charge < -0.3 is 5.73 Å². The molecule has 168 valence electrons. The monoisotopic (exact) mass is 462 g/mol. The van der Waals surface area contributed by atoms with E-state index in [4.69, 9.17) is 12.2 Å². The number of halogens is 6. The van der Waals surface area contributed by atoms with Gasteiger partial charge in [-0.25, -0.2) is 9.97 Å². The molecule has 0 bridgehead atoms. The first-order valence-electron chi connectivity index (χ1n) is 8.95. The zero-order valence-electron chi connectivity index (χ0n) is 16.4. The first kappa shape index (κ1) is 23.5. The number of carbonyl (C=O) groups excluding carboxylic acids is 1. The minimum Gasteiger partial charge on any atom is -0.366 e. The van der Waals surface area contributed by atoms with Crippen molar-refractivity contribution in [1.29, 1.82) is 0 Å². The molecular weight excluding hydrogens is 450 g/mol. The summed E-state index contributed by atoms with van der Waals surface area (Å²) in [6.45, 7) is 0. The highest BCUT2D eigenvalue weighted by Gasteiger charge is 2.37. The number of amides is 1. The maximum absolute atomic E-state index is 13.2. The van der Waals surface area contributed by atoms with Gasteiger partial charge in [-0.1, -0.05) is 5.92 Å². The number of nitrogens with zero attached hydrogens (tertiary/aromatic N) is 3. The Kier molecular flexibility index (Phi) is 6.21. The normalized spacial score (nSPS) is 12.3. The third-order valence-electron chi connectivity index (χ3n) is 4.30. The van der Waals surface area contributed by atoms with Gasteiger partial charge in [0.2, 0.25) is 5.91 Å². The molecule has 0 fully saturated rings. The van der Waals surface area contributed by atoms with Gasteiger partial charge in [0.25, 0.3) is 0 Å². The van der Waals surface area contributed by atoms with Gasteiger partial charge in [-0.15, -0.1) is 6.42 Å². The quantitative estimate of drug-likeness (QED) is 0.350. The van der Waals surface area contributed by atoms with E-state index in [1.165, 1.54) is 30.6 Å². The number of hydrogen-bond acceptors (Lipinski definition) is 4. The second-order valence-corrected chi connectivity index (χ2v) is 6.63. The highest BCUT2D eigenvalue weighted by Crippen LogP contribution is 2.38. The number of hydrogen-bond donors (Lipinski definition) is 1. The Balaban J connectivity index is 2.13. The fourth-order valence-corrected chi connectivity index (χ4v) is 2.79. The van der Waals surface area contributed by atoms with Gasteiger partial charge >= 0.3 is 12.4 Å². The van der Waals surface area contributed by atoms with Crippen LogP contribution in [0.15, 0.2) is 48.9 Å². The molecule has 3 aromatic rings. The Bertz CT molecular complexity index is 1260. The Morgan fingerprint density at radius 1 is 1.00 bits per heavy atom. The molecule has 5 nitrogen and oxygen atoms in total. The van der Waals surface area contributed by atoms with Gasteiger partial charge in [0.15, 0.2) is 5.82 Å². The molecular formula is C22H12F6N4O. The average Bonchev–Trinajstić information content (AvgIpc) is 2.76. The standard InChI is InChI=1S/C22H12F6N4O/c1-2-12-5-14(11-30-10-12)18(19(29)33)9-17-3-4-31-20(32-17)13-6-15(21(23,24)25)8-16(7-13)22(26,27)28/h1,3-11H,(H2,29,33)/b18-9+. The summed E-state index contributed by atoms with van der Waals surface area (Å²) < 4.78 is 78.9. The van der Waals surface area contributed by atoms with E-state index >= 15 is 0 Å². The second-order valence-electron chi connectivity index (χ2n) is 6.63. The van der Waals surface area contributed by atoms with Crippen molar-refractivity contribution < 1.29 is 31.1 Å². The van der Waals surface area contributed by atoms with Gasteiger partial charge in [-0.3, -0.25) is 9.78 Å². The first-order valence-corrected chi connectivity index (χ1v) is 8.95. The van der Waals surface area contributed by atoms with Crippen molar-refractivity contribution in [3.63, 3.8) is 0 Å². The van der Waals surface area contributed by atoms with Crippen LogP contribution in [0, 0.1) is 12.3 Å². The van der Waals surface area contributed by atoms with Crippen molar-refractivity contribution >= 4 is 17.6 Å². The number of terminal acetylenes is 1. The molecule has 1 aromatic carbocycles. The molecule has 2 aromatic heterocycles. The van der Waals surface area contributed by atoms with Crippen molar-refractivity contribution in [2.45, 2.75) is 12.4 Å². The van der Waals surface area contributed by atoms with Gasteiger partial charge in [0.05, 0.1) is 22.4 Å². The minimum absolute atomic E-state index is 0.00389. The molecule has 0 atom stereocenters. The highest BCUT2D eigenvalue weighted by atomic mass is 19.4. The van der Waals surface area contributed by atoms with Crippen LogP contribution in [0.1, 0.15) is 27.9 Å². The molecule has 0 aliphatic carbocycles. The molecule has 0 saturated carbocycles. The SMILES string of the molecule is C#Cc1cncc(/C(=C\c2ccnc(-c3cc(C(F)(F)F)cc(C(F)(F)F)c3)n2)C(N)=O)c1. The van der Waals surface area contributed by atoms with E-state index in [0.717, 1.165) is 6.20 Å². The summed E-state index contributed by atoms with van der Waals surface area (Å²) in [6.07, 6.45) is 0.257. The van der Waals surface area contributed by atoms with Crippen LogP contribution < -0.4 is 5.73 Å². The van der Waals surface area contributed by atoms with E-state index < -0.39 is 40.8 Å². The average molecular weight is 462 g/mol. The van der Waals surface area contributed by atoms with E-state index in [-0.39, 0.29) is 22.9 Å². The van der Waals surface area contributed by atoms with Crippen LogP contribution in [0.4, 0.5) is 26.3 Å². The van der Waals surface area contributed by atoms with Gasteiger partial charge in [-0.05, 0) is 36.4 Å². The van der Waals surface area contributed by atoms with Crippen LogP contribution in [-0.2, 0) is 17.1 Å². The van der Waals surface area contributed by atoms with Crippen LogP contribution in [0.25, 0.3) is 23.0 Å². The number of rotatable bonds is 4.